The van der Waals surface area contributed by atoms with Gasteiger partial charge >= 0.3 is 0 Å². The van der Waals surface area contributed by atoms with E-state index in [4.69, 9.17) is 0 Å². The van der Waals surface area contributed by atoms with E-state index in [-0.39, 0.29) is 11.8 Å². The number of carbonyl (C=O) groups excluding carboxylic acids is 2. The van der Waals surface area contributed by atoms with Crippen molar-refractivity contribution >= 4 is 33.4 Å². The molecule has 4 nitrogen and oxygen atoms in total. The van der Waals surface area contributed by atoms with E-state index in [1.165, 1.54) is 0 Å². The molecule has 88 valence electrons. The SMILES string of the molecule is C=C(Br)CNC(=O)c1ccc2c(c1)NC(=O)C2. The van der Waals surface area contributed by atoms with Crippen LogP contribution in [-0.2, 0) is 11.2 Å². The molecule has 1 aromatic rings. The molecule has 2 rings (SSSR count). The van der Waals surface area contributed by atoms with Gasteiger partial charge in [0.15, 0.2) is 0 Å². The third-order valence-corrected chi connectivity index (χ3v) is 2.72. The number of carbonyl (C=O) groups is 2. The zero-order valence-corrected chi connectivity index (χ0v) is 10.6. The van der Waals surface area contributed by atoms with Gasteiger partial charge in [0, 0.05) is 22.3 Å². The average molecular weight is 295 g/mol. The number of halogens is 1. The lowest BCUT2D eigenvalue weighted by molar-refractivity contribution is -0.115. The first-order valence-corrected chi connectivity index (χ1v) is 5.90. The standard InChI is InChI=1S/C12H11BrN2O2/c1-7(13)6-14-12(17)9-3-2-8-5-11(16)15-10(8)4-9/h2-4H,1,5-6H2,(H,14,17)(H,15,16). The molecule has 1 aliphatic heterocycles. The summed E-state index contributed by atoms with van der Waals surface area (Å²) in [5, 5.41) is 5.41. The quantitative estimate of drug-likeness (QED) is 0.893. The highest BCUT2D eigenvalue weighted by Gasteiger charge is 2.18. The summed E-state index contributed by atoms with van der Waals surface area (Å²) in [6.45, 7) is 4.01. The van der Waals surface area contributed by atoms with Gasteiger partial charge in [0.25, 0.3) is 5.91 Å². The van der Waals surface area contributed by atoms with E-state index in [0.717, 1.165) is 11.3 Å². The van der Waals surface area contributed by atoms with Crippen molar-refractivity contribution in [1.29, 1.82) is 0 Å². The molecule has 1 aromatic carbocycles. The Morgan fingerprint density at radius 3 is 3.00 bits per heavy atom. The Labute approximate surface area is 107 Å². The van der Waals surface area contributed by atoms with Crippen LogP contribution in [0.2, 0.25) is 0 Å². The summed E-state index contributed by atoms with van der Waals surface area (Å²) in [4.78, 5) is 22.9. The minimum atomic E-state index is -0.186. The second-order valence-electron chi connectivity index (χ2n) is 3.80. The third kappa shape index (κ3) is 2.74. The molecule has 0 unspecified atom stereocenters. The average Bonchev–Trinajstić information content (AvgIpc) is 2.64. The van der Waals surface area contributed by atoms with Gasteiger partial charge in [-0.15, -0.1) is 0 Å². The molecule has 0 spiro atoms. The van der Waals surface area contributed by atoms with E-state index in [2.05, 4.69) is 33.1 Å². The van der Waals surface area contributed by atoms with Crippen LogP contribution < -0.4 is 10.6 Å². The lowest BCUT2D eigenvalue weighted by Gasteiger charge is -2.05. The molecule has 1 heterocycles. The second-order valence-corrected chi connectivity index (χ2v) is 4.92. The van der Waals surface area contributed by atoms with Crippen molar-refractivity contribution in [2.75, 3.05) is 11.9 Å². The summed E-state index contributed by atoms with van der Waals surface area (Å²) in [6.07, 6.45) is 0.384. The van der Waals surface area contributed by atoms with Crippen molar-refractivity contribution < 1.29 is 9.59 Å². The minimum absolute atomic E-state index is 0.0357. The fraction of sp³-hybridized carbons (Fsp3) is 0.167. The largest absolute Gasteiger partial charge is 0.347 e. The lowest BCUT2D eigenvalue weighted by atomic mass is 10.1. The van der Waals surface area contributed by atoms with E-state index in [1.807, 2.05) is 0 Å². The number of fused-ring (bicyclic) bond motifs is 1. The highest BCUT2D eigenvalue weighted by molar-refractivity contribution is 9.11. The number of hydrogen-bond acceptors (Lipinski definition) is 2. The minimum Gasteiger partial charge on any atom is -0.347 e. The van der Waals surface area contributed by atoms with Gasteiger partial charge in [-0.25, -0.2) is 0 Å². The third-order valence-electron chi connectivity index (χ3n) is 2.44. The Bertz CT molecular complexity index is 511. The Morgan fingerprint density at radius 1 is 1.53 bits per heavy atom. The summed E-state index contributed by atoms with van der Waals surface area (Å²) in [5.41, 5.74) is 2.18. The van der Waals surface area contributed by atoms with Crippen LogP contribution in [0.15, 0.2) is 29.3 Å². The molecule has 0 saturated heterocycles. The summed E-state index contributed by atoms with van der Waals surface area (Å²) in [7, 11) is 0. The van der Waals surface area contributed by atoms with E-state index in [0.29, 0.717) is 23.0 Å². The van der Waals surface area contributed by atoms with E-state index in [9.17, 15) is 9.59 Å². The molecule has 5 heteroatoms. The van der Waals surface area contributed by atoms with E-state index in [1.54, 1.807) is 18.2 Å². The topological polar surface area (TPSA) is 58.2 Å². The zero-order chi connectivity index (χ0) is 12.4. The predicted octanol–water partition coefficient (Wildman–Crippen LogP) is 1.82. The monoisotopic (exact) mass is 294 g/mol. The van der Waals surface area contributed by atoms with Crippen molar-refractivity contribution in [3.05, 3.63) is 40.4 Å². The maximum absolute atomic E-state index is 11.7. The number of rotatable bonds is 3. The number of benzene rings is 1. The Morgan fingerprint density at radius 2 is 2.29 bits per heavy atom. The van der Waals surface area contributed by atoms with Gasteiger partial charge in [0.05, 0.1) is 6.42 Å². The Hall–Kier alpha value is -1.62. The zero-order valence-electron chi connectivity index (χ0n) is 9.05. The molecule has 2 N–H and O–H groups in total. The number of amides is 2. The molecule has 2 amide bonds. The number of nitrogens with one attached hydrogen (secondary N) is 2. The molecule has 1 aliphatic rings. The van der Waals surface area contributed by atoms with Crippen LogP contribution in [0, 0.1) is 0 Å². The van der Waals surface area contributed by atoms with Crippen LogP contribution in [0.3, 0.4) is 0 Å². The van der Waals surface area contributed by atoms with Crippen LogP contribution in [0.25, 0.3) is 0 Å². The fourth-order valence-electron chi connectivity index (χ4n) is 1.63. The van der Waals surface area contributed by atoms with Crippen molar-refractivity contribution in [3.8, 4) is 0 Å². The summed E-state index contributed by atoms with van der Waals surface area (Å²) in [5.74, 6) is -0.221. The van der Waals surface area contributed by atoms with Gasteiger partial charge in [-0.1, -0.05) is 28.6 Å². The molecule has 17 heavy (non-hydrogen) atoms. The molecule has 0 aliphatic carbocycles. The van der Waals surface area contributed by atoms with Crippen LogP contribution in [0.1, 0.15) is 15.9 Å². The second kappa shape index (κ2) is 4.71. The van der Waals surface area contributed by atoms with Gasteiger partial charge in [-0.2, -0.15) is 0 Å². The highest BCUT2D eigenvalue weighted by Crippen LogP contribution is 2.23. The number of anilines is 1. The Balaban J connectivity index is 2.13. The van der Waals surface area contributed by atoms with E-state index < -0.39 is 0 Å². The molecule has 0 saturated carbocycles. The lowest BCUT2D eigenvalue weighted by Crippen LogP contribution is -2.24. The smallest absolute Gasteiger partial charge is 0.251 e. The molecular formula is C12H11BrN2O2. The Kier molecular flexibility index (Phi) is 3.28. The van der Waals surface area contributed by atoms with Crippen molar-refractivity contribution in [3.63, 3.8) is 0 Å². The molecule has 0 aromatic heterocycles. The van der Waals surface area contributed by atoms with Crippen LogP contribution >= 0.6 is 15.9 Å². The van der Waals surface area contributed by atoms with Crippen LogP contribution in [0.5, 0.6) is 0 Å². The van der Waals surface area contributed by atoms with Crippen molar-refractivity contribution in [2.45, 2.75) is 6.42 Å². The molecular weight excluding hydrogens is 284 g/mol. The maximum atomic E-state index is 11.7. The normalized spacial score (nSPS) is 12.9. The fourth-order valence-corrected chi connectivity index (χ4v) is 1.77. The first kappa shape index (κ1) is 11.9. The van der Waals surface area contributed by atoms with Crippen LogP contribution in [0.4, 0.5) is 5.69 Å². The van der Waals surface area contributed by atoms with Gasteiger partial charge in [0.1, 0.15) is 0 Å². The number of hydrogen-bond donors (Lipinski definition) is 2. The molecule has 0 radical (unpaired) electrons. The predicted molar refractivity (Wildman–Crippen MR) is 69.2 cm³/mol. The molecule has 0 fully saturated rings. The maximum Gasteiger partial charge on any atom is 0.251 e. The van der Waals surface area contributed by atoms with Gasteiger partial charge in [-0.05, 0) is 17.7 Å². The summed E-state index contributed by atoms with van der Waals surface area (Å²) >= 11 is 3.17. The summed E-state index contributed by atoms with van der Waals surface area (Å²) < 4.78 is 0.709. The van der Waals surface area contributed by atoms with Crippen molar-refractivity contribution in [1.82, 2.24) is 5.32 Å². The first-order valence-electron chi connectivity index (χ1n) is 5.10. The molecule has 0 atom stereocenters. The van der Waals surface area contributed by atoms with Gasteiger partial charge in [0.2, 0.25) is 5.91 Å². The summed E-state index contributed by atoms with van der Waals surface area (Å²) in [6, 6.07) is 5.20. The highest BCUT2D eigenvalue weighted by atomic mass is 79.9. The van der Waals surface area contributed by atoms with Crippen LogP contribution in [-0.4, -0.2) is 18.4 Å². The van der Waals surface area contributed by atoms with Crippen molar-refractivity contribution in [2.24, 2.45) is 0 Å². The first-order chi connectivity index (χ1) is 8.06. The van der Waals surface area contributed by atoms with Gasteiger partial charge in [-0.3, -0.25) is 9.59 Å². The van der Waals surface area contributed by atoms with E-state index >= 15 is 0 Å². The molecule has 0 bridgehead atoms. The van der Waals surface area contributed by atoms with Gasteiger partial charge < -0.3 is 10.6 Å².